The Hall–Kier alpha value is -1.86. The molecule has 0 aromatic heterocycles. The number of aliphatic hydroxyl groups excluding tert-OH is 1. The molecule has 0 fully saturated rings. The van der Waals surface area contributed by atoms with Crippen LogP contribution < -0.4 is 0 Å². The van der Waals surface area contributed by atoms with Crippen LogP contribution in [0.3, 0.4) is 0 Å². The number of aliphatic hydroxyl groups is 1. The van der Waals surface area contributed by atoms with Gasteiger partial charge in [0.1, 0.15) is 0 Å². The summed E-state index contributed by atoms with van der Waals surface area (Å²) in [6, 6.07) is 18.5. The maximum Gasteiger partial charge on any atom is 0.0839 e. The predicted molar refractivity (Wildman–Crippen MR) is 75.1 cm³/mol. The normalized spacial score (nSPS) is 20.7. The third-order valence-electron chi connectivity index (χ3n) is 3.66. The van der Waals surface area contributed by atoms with Crippen LogP contribution >= 0.6 is 0 Å². The number of hydrogen-bond acceptors (Lipinski definition) is 1. The van der Waals surface area contributed by atoms with Gasteiger partial charge >= 0.3 is 0 Å². The van der Waals surface area contributed by atoms with Gasteiger partial charge in [0, 0.05) is 6.42 Å². The van der Waals surface area contributed by atoms with Crippen LogP contribution in [0.5, 0.6) is 0 Å². The Kier molecular flexibility index (Phi) is 2.77. The average molecular weight is 236 g/mol. The second kappa shape index (κ2) is 4.43. The third kappa shape index (κ3) is 1.77. The van der Waals surface area contributed by atoms with Gasteiger partial charge in [-0.2, -0.15) is 0 Å². The zero-order valence-electron chi connectivity index (χ0n) is 10.4. The van der Waals surface area contributed by atoms with Crippen molar-refractivity contribution in [1.29, 1.82) is 0 Å². The van der Waals surface area contributed by atoms with Crippen molar-refractivity contribution in [3.05, 3.63) is 71.3 Å². The first-order chi connectivity index (χ1) is 8.77. The highest BCUT2D eigenvalue weighted by atomic mass is 16.3. The van der Waals surface area contributed by atoms with Gasteiger partial charge < -0.3 is 5.11 Å². The minimum atomic E-state index is -0.373. The quantitative estimate of drug-likeness (QED) is 0.803. The molecule has 0 saturated carbocycles. The smallest absolute Gasteiger partial charge is 0.0839 e. The molecule has 1 aliphatic rings. The summed E-state index contributed by atoms with van der Waals surface area (Å²) in [5.74, 6) is 0. The van der Waals surface area contributed by atoms with Crippen LogP contribution in [0.2, 0.25) is 0 Å². The lowest BCUT2D eigenvalue weighted by atomic mass is 9.96. The van der Waals surface area contributed by atoms with Crippen molar-refractivity contribution < 1.29 is 5.11 Å². The lowest BCUT2D eigenvalue weighted by Crippen LogP contribution is -2.05. The Morgan fingerprint density at radius 2 is 1.67 bits per heavy atom. The van der Waals surface area contributed by atoms with Crippen molar-refractivity contribution >= 4 is 11.1 Å². The van der Waals surface area contributed by atoms with Crippen molar-refractivity contribution in [2.24, 2.45) is 0 Å². The van der Waals surface area contributed by atoms with E-state index in [2.05, 4.69) is 31.2 Å². The molecule has 1 N–H and O–H groups in total. The third-order valence-corrected chi connectivity index (χ3v) is 3.66. The van der Waals surface area contributed by atoms with Gasteiger partial charge in [0.25, 0.3) is 0 Å². The van der Waals surface area contributed by atoms with E-state index in [0.29, 0.717) is 0 Å². The number of rotatable bonds is 1. The van der Waals surface area contributed by atoms with E-state index in [1.54, 1.807) is 0 Å². The standard InChI is InChI=1S/C17H16O/c1-12(13-7-3-2-4-8-13)17-15-10-6-5-9-14(15)11-16(17)18/h2-10,16,18H,11H2,1H3/b17-12+. The first kappa shape index (κ1) is 11.2. The van der Waals surface area contributed by atoms with Crippen LogP contribution in [-0.4, -0.2) is 11.2 Å². The van der Waals surface area contributed by atoms with Crippen LogP contribution in [0.1, 0.15) is 23.6 Å². The first-order valence-electron chi connectivity index (χ1n) is 6.30. The van der Waals surface area contributed by atoms with Crippen LogP contribution in [0.4, 0.5) is 0 Å². The zero-order valence-corrected chi connectivity index (χ0v) is 10.4. The van der Waals surface area contributed by atoms with Gasteiger partial charge in [0.05, 0.1) is 6.10 Å². The second-order valence-corrected chi connectivity index (χ2v) is 4.78. The maximum atomic E-state index is 10.3. The van der Waals surface area contributed by atoms with E-state index in [1.165, 1.54) is 22.3 Å². The Bertz CT molecular complexity index is 596. The average Bonchev–Trinajstić information content (AvgIpc) is 2.75. The number of allylic oxidation sites excluding steroid dienone is 1. The van der Waals surface area contributed by atoms with Gasteiger partial charge in [-0.25, -0.2) is 0 Å². The molecule has 0 spiro atoms. The van der Waals surface area contributed by atoms with Crippen LogP contribution in [0.25, 0.3) is 11.1 Å². The summed E-state index contributed by atoms with van der Waals surface area (Å²) >= 11 is 0. The minimum absolute atomic E-state index is 0.373. The summed E-state index contributed by atoms with van der Waals surface area (Å²) in [4.78, 5) is 0. The lowest BCUT2D eigenvalue weighted by Gasteiger charge is -2.11. The zero-order chi connectivity index (χ0) is 12.5. The van der Waals surface area contributed by atoms with Crippen molar-refractivity contribution in [2.75, 3.05) is 0 Å². The fourth-order valence-electron chi connectivity index (χ4n) is 2.75. The highest BCUT2D eigenvalue weighted by molar-refractivity contribution is 5.94. The molecule has 90 valence electrons. The minimum Gasteiger partial charge on any atom is -0.388 e. The highest BCUT2D eigenvalue weighted by Crippen LogP contribution is 2.37. The van der Waals surface area contributed by atoms with Gasteiger partial charge in [-0.1, -0.05) is 54.6 Å². The fourth-order valence-corrected chi connectivity index (χ4v) is 2.75. The van der Waals surface area contributed by atoms with Crippen molar-refractivity contribution in [3.63, 3.8) is 0 Å². The summed E-state index contributed by atoms with van der Waals surface area (Å²) in [6.07, 6.45) is 0.359. The second-order valence-electron chi connectivity index (χ2n) is 4.78. The van der Waals surface area contributed by atoms with Gasteiger partial charge in [0.15, 0.2) is 0 Å². The van der Waals surface area contributed by atoms with Crippen LogP contribution in [-0.2, 0) is 6.42 Å². The first-order valence-corrected chi connectivity index (χ1v) is 6.30. The van der Waals surface area contributed by atoms with E-state index in [0.717, 1.165) is 12.0 Å². The molecule has 1 nitrogen and oxygen atoms in total. The Morgan fingerprint density at radius 3 is 2.44 bits per heavy atom. The fraction of sp³-hybridized carbons (Fsp3) is 0.176. The number of benzene rings is 2. The molecule has 2 aromatic carbocycles. The number of hydrogen-bond donors (Lipinski definition) is 1. The number of fused-ring (bicyclic) bond motifs is 1. The van der Waals surface area contributed by atoms with Gasteiger partial charge in [0.2, 0.25) is 0 Å². The molecule has 18 heavy (non-hydrogen) atoms. The Balaban J connectivity index is 2.17. The summed E-state index contributed by atoms with van der Waals surface area (Å²) < 4.78 is 0. The molecule has 1 unspecified atom stereocenters. The van der Waals surface area contributed by atoms with E-state index in [1.807, 2.05) is 30.3 Å². The van der Waals surface area contributed by atoms with Gasteiger partial charge in [-0.05, 0) is 34.8 Å². The molecule has 1 heteroatoms. The van der Waals surface area contributed by atoms with Crippen molar-refractivity contribution in [1.82, 2.24) is 0 Å². The van der Waals surface area contributed by atoms with Gasteiger partial charge in [-0.3, -0.25) is 0 Å². The summed E-state index contributed by atoms with van der Waals surface area (Å²) in [7, 11) is 0. The molecule has 2 aromatic rings. The predicted octanol–water partition coefficient (Wildman–Crippen LogP) is 3.53. The molecule has 0 radical (unpaired) electrons. The van der Waals surface area contributed by atoms with E-state index in [-0.39, 0.29) is 6.10 Å². The molecule has 3 rings (SSSR count). The Morgan fingerprint density at radius 1 is 1.00 bits per heavy atom. The molecular formula is C17H16O. The van der Waals surface area contributed by atoms with Crippen LogP contribution in [0, 0.1) is 0 Å². The molecule has 1 atom stereocenters. The van der Waals surface area contributed by atoms with Crippen LogP contribution in [0.15, 0.2) is 54.6 Å². The summed E-state index contributed by atoms with van der Waals surface area (Å²) in [6.45, 7) is 2.09. The molecule has 1 aliphatic carbocycles. The highest BCUT2D eigenvalue weighted by Gasteiger charge is 2.26. The SMILES string of the molecule is C/C(=C1/c2ccccc2CC1O)c1ccccc1. The molecule has 0 heterocycles. The summed E-state index contributed by atoms with van der Waals surface area (Å²) in [5, 5.41) is 10.3. The molecule has 0 saturated heterocycles. The molecular weight excluding hydrogens is 220 g/mol. The molecule has 0 aliphatic heterocycles. The van der Waals surface area contributed by atoms with Crippen molar-refractivity contribution in [3.8, 4) is 0 Å². The largest absolute Gasteiger partial charge is 0.388 e. The Labute approximate surface area is 107 Å². The molecule has 0 amide bonds. The lowest BCUT2D eigenvalue weighted by molar-refractivity contribution is 0.240. The van der Waals surface area contributed by atoms with Gasteiger partial charge in [-0.15, -0.1) is 0 Å². The summed E-state index contributed by atoms with van der Waals surface area (Å²) in [5.41, 5.74) is 5.88. The van der Waals surface area contributed by atoms with Crippen molar-refractivity contribution in [2.45, 2.75) is 19.4 Å². The van der Waals surface area contributed by atoms with E-state index < -0.39 is 0 Å². The monoisotopic (exact) mass is 236 g/mol. The topological polar surface area (TPSA) is 20.2 Å². The maximum absolute atomic E-state index is 10.3. The van der Waals surface area contributed by atoms with E-state index >= 15 is 0 Å². The molecule has 0 bridgehead atoms. The van der Waals surface area contributed by atoms with E-state index in [4.69, 9.17) is 0 Å². The van der Waals surface area contributed by atoms with E-state index in [9.17, 15) is 5.11 Å².